The SMILES string of the molecule is Cn1cncc1C1C(CO)CCCN1C1CC1. The van der Waals surface area contributed by atoms with Crippen molar-refractivity contribution in [1.29, 1.82) is 0 Å². The maximum Gasteiger partial charge on any atom is 0.0946 e. The minimum Gasteiger partial charge on any atom is -0.396 e. The van der Waals surface area contributed by atoms with Crippen LogP contribution in [0.4, 0.5) is 0 Å². The molecule has 17 heavy (non-hydrogen) atoms. The molecule has 1 N–H and O–H groups in total. The van der Waals surface area contributed by atoms with Gasteiger partial charge in [0.1, 0.15) is 0 Å². The molecule has 0 aromatic carbocycles. The highest BCUT2D eigenvalue weighted by Crippen LogP contribution is 2.42. The van der Waals surface area contributed by atoms with Crippen molar-refractivity contribution in [3.8, 4) is 0 Å². The van der Waals surface area contributed by atoms with Gasteiger partial charge in [-0.05, 0) is 32.2 Å². The number of aliphatic hydroxyl groups excluding tert-OH is 1. The van der Waals surface area contributed by atoms with Crippen LogP contribution in [-0.2, 0) is 7.05 Å². The Bertz CT molecular complexity index is 386. The van der Waals surface area contributed by atoms with Crippen LogP contribution in [-0.4, -0.2) is 38.8 Å². The lowest BCUT2D eigenvalue weighted by Gasteiger charge is -2.41. The molecule has 2 unspecified atom stereocenters. The van der Waals surface area contributed by atoms with E-state index in [9.17, 15) is 5.11 Å². The van der Waals surface area contributed by atoms with Gasteiger partial charge in [-0.1, -0.05) is 0 Å². The van der Waals surface area contributed by atoms with Crippen molar-refractivity contribution < 1.29 is 5.11 Å². The summed E-state index contributed by atoms with van der Waals surface area (Å²) in [6.45, 7) is 1.47. The zero-order valence-corrected chi connectivity index (χ0v) is 10.4. The predicted octanol–water partition coefficient (Wildman–Crippen LogP) is 1.33. The molecule has 1 saturated carbocycles. The topological polar surface area (TPSA) is 41.3 Å². The molecule has 2 fully saturated rings. The first-order valence-electron chi connectivity index (χ1n) is 6.64. The van der Waals surface area contributed by atoms with Crippen molar-refractivity contribution >= 4 is 0 Å². The molecular weight excluding hydrogens is 214 g/mol. The van der Waals surface area contributed by atoms with Gasteiger partial charge < -0.3 is 9.67 Å². The number of nitrogens with zero attached hydrogens (tertiary/aromatic N) is 3. The molecule has 2 heterocycles. The maximum atomic E-state index is 9.61. The van der Waals surface area contributed by atoms with Crippen molar-refractivity contribution in [3.63, 3.8) is 0 Å². The molecule has 1 aromatic rings. The van der Waals surface area contributed by atoms with Crippen LogP contribution < -0.4 is 0 Å². The normalized spacial score (nSPS) is 30.7. The molecule has 1 saturated heterocycles. The van der Waals surface area contributed by atoms with Crippen LogP contribution in [0.15, 0.2) is 12.5 Å². The minimum absolute atomic E-state index is 0.291. The summed E-state index contributed by atoms with van der Waals surface area (Å²) in [5.41, 5.74) is 1.26. The summed E-state index contributed by atoms with van der Waals surface area (Å²) in [4.78, 5) is 6.83. The Kier molecular flexibility index (Phi) is 2.92. The molecule has 1 aromatic heterocycles. The second-order valence-electron chi connectivity index (χ2n) is 5.43. The Labute approximate surface area is 102 Å². The summed E-state index contributed by atoms with van der Waals surface area (Å²) in [5.74, 6) is 0.375. The standard InChI is InChI=1S/C13H21N3O/c1-15-9-14-7-12(15)13-10(8-17)3-2-6-16(13)11-4-5-11/h7,9-11,13,17H,2-6,8H2,1H3. The number of hydrogen-bond donors (Lipinski definition) is 1. The smallest absolute Gasteiger partial charge is 0.0946 e. The predicted molar refractivity (Wildman–Crippen MR) is 65.5 cm³/mol. The van der Waals surface area contributed by atoms with E-state index in [1.807, 2.05) is 12.5 Å². The Hall–Kier alpha value is -0.870. The van der Waals surface area contributed by atoms with Crippen LogP contribution in [0, 0.1) is 5.92 Å². The minimum atomic E-state index is 0.291. The number of aromatic nitrogens is 2. The van der Waals surface area contributed by atoms with Crippen molar-refractivity contribution in [2.45, 2.75) is 37.8 Å². The second-order valence-corrected chi connectivity index (χ2v) is 5.43. The molecule has 0 spiro atoms. The van der Waals surface area contributed by atoms with E-state index >= 15 is 0 Å². The molecule has 3 rings (SSSR count). The van der Waals surface area contributed by atoms with Crippen LogP contribution >= 0.6 is 0 Å². The van der Waals surface area contributed by atoms with Gasteiger partial charge in [0.2, 0.25) is 0 Å². The van der Waals surface area contributed by atoms with Crippen LogP contribution in [0.1, 0.15) is 37.4 Å². The van der Waals surface area contributed by atoms with E-state index in [1.54, 1.807) is 0 Å². The first kappa shape index (κ1) is 11.2. The lowest BCUT2D eigenvalue weighted by Crippen LogP contribution is -2.42. The van der Waals surface area contributed by atoms with E-state index in [0.29, 0.717) is 18.6 Å². The summed E-state index contributed by atoms with van der Waals surface area (Å²) in [7, 11) is 2.05. The number of aliphatic hydroxyl groups is 1. The number of piperidine rings is 1. The monoisotopic (exact) mass is 235 g/mol. The van der Waals surface area contributed by atoms with E-state index < -0.39 is 0 Å². The number of aryl methyl sites for hydroxylation is 1. The molecule has 4 heteroatoms. The third-order valence-corrected chi connectivity index (χ3v) is 4.20. The summed E-state index contributed by atoms with van der Waals surface area (Å²) in [6, 6.07) is 1.12. The van der Waals surface area contributed by atoms with Gasteiger partial charge in [-0.2, -0.15) is 0 Å². The molecule has 1 aliphatic heterocycles. The van der Waals surface area contributed by atoms with Crippen molar-refractivity contribution in [2.24, 2.45) is 13.0 Å². The van der Waals surface area contributed by atoms with Crippen molar-refractivity contribution in [2.75, 3.05) is 13.2 Å². The summed E-state index contributed by atoms with van der Waals surface area (Å²) < 4.78 is 2.11. The Morgan fingerprint density at radius 3 is 2.82 bits per heavy atom. The Morgan fingerprint density at radius 1 is 1.41 bits per heavy atom. The molecule has 2 atom stereocenters. The summed E-state index contributed by atoms with van der Waals surface area (Å²) in [6.07, 6.45) is 8.84. The highest BCUT2D eigenvalue weighted by atomic mass is 16.3. The molecule has 2 aliphatic rings. The van der Waals surface area contributed by atoms with Crippen LogP contribution in [0.2, 0.25) is 0 Å². The van der Waals surface area contributed by atoms with Crippen molar-refractivity contribution in [1.82, 2.24) is 14.5 Å². The van der Waals surface area contributed by atoms with Gasteiger partial charge in [-0.3, -0.25) is 4.90 Å². The van der Waals surface area contributed by atoms with Crippen LogP contribution in [0.3, 0.4) is 0 Å². The molecule has 0 radical (unpaired) electrons. The first-order chi connectivity index (χ1) is 8.31. The molecule has 94 valence electrons. The number of imidazole rings is 1. The van der Waals surface area contributed by atoms with Crippen molar-refractivity contribution in [3.05, 3.63) is 18.2 Å². The average molecular weight is 235 g/mol. The van der Waals surface area contributed by atoms with Gasteiger partial charge >= 0.3 is 0 Å². The highest BCUT2D eigenvalue weighted by Gasteiger charge is 2.41. The number of hydrogen-bond acceptors (Lipinski definition) is 3. The third kappa shape index (κ3) is 2.00. The zero-order chi connectivity index (χ0) is 11.8. The van der Waals surface area contributed by atoms with Gasteiger partial charge in [-0.15, -0.1) is 0 Å². The molecule has 0 amide bonds. The summed E-state index contributed by atoms with van der Waals surface area (Å²) >= 11 is 0. The first-order valence-corrected chi connectivity index (χ1v) is 6.64. The maximum absolute atomic E-state index is 9.61. The van der Waals surface area contributed by atoms with Gasteiger partial charge in [0.15, 0.2) is 0 Å². The number of rotatable bonds is 3. The molecule has 4 nitrogen and oxygen atoms in total. The van der Waals surface area contributed by atoms with E-state index in [1.165, 1.54) is 31.5 Å². The fourth-order valence-corrected chi connectivity index (χ4v) is 3.17. The lowest BCUT2D eigenvalue weighted by molar-refractivity contribution is 0.0453. The van der Waals surface area contributed by atoms with E-state index in [4.69, 9.17) is 0 Å². The van der Waals surface area contributed by atoms with E-state index in [0.717, 1.165) is 12.5 Å². The quantitative estimate of drug-likeness (QED) is 0.859. The third-order valence-electron chi connectivity index (χ3n) is 4.20. The van der Waals surface area contributed by atoms with Gasteiger partial charge in [0, 0.05) is 31.8 Å². The fourth-order valence-electron chi connectivity index (χ4n) is 3.17. The van der Waals surface area contributed by atoms with Crippen LogP contribution in [0.25, 0.3) is 0 Å². The Balaban J connectivity index is 1.91. The molecule has 0 bridgehead atoms. The summed E-state index contributed by atoms with van der Waals surface area (Å²) in [5, 5.41) is 9.61. The van der Waals surface area contributed by atoms with E-state index in [2.05, 4.69) is 21.5 Å². The lowest BCUT2D eigenvalue weighted by atomic mass is 9.87. The van der Waals surface area contributed by atoms with Gasteiger partial charge in [0.25, 0.3) is 0 Å². The average Bonchev–Trinajstić information content (AvgIpc) is 3.11. The largest absolute Gasteiger partial charge is 0.396 e. The second kappa shape index (κ2) is 4.42. The van der Waals surface area contributed by atoms with Crippen LogP contribution in [0.5, 0.6) is 0 Å². The van der Waals surface area contributed by atoms with Gasteiger partial charge in [0.05, 0.1) is 18.1 Å². The van der Waals surface area contributed by atoms with E-state index in [-0.39, 0.29) is 0 Å². The molecule has 1 aliphatic carbocycles. The Morgan fingerprint density at radius 2 is 2.24 bits per heavy atom. The fraction of sp³-hybridized carbons (Fsp3) is 0.769. The number of likely N-dealkylation sites (tertiary alicyclic amines) is 1. The molecular formula is C13H21N3O. The van der Waals surface area contributed by atoms with Gasteiger partial charge in [-0.25, -0.2) is 4.98 Å². The zero-order valence-electron chi connectivity index (χ0n) is 10.4. The highest BCUT2D eigenvalue weighted by molar-refractivity contribution is 5.10.